The first-order valence-corrected chi connectivity index (χ1v) is 12.6. The number of carbonyl (C=O) groups excluding carboxylic acids is 2. The topological polar surface area (TPSA) is 96.4 Å². The molecular formula is C26H28Cl2N2O6. The van der Waals surface area contributed by atoms with E-state index in [1.807, 2.05) is 17.0 Å². The molecule has 1 heterocycles. The van der Waals surface area contributed by atoms with Crippen molar-refractivity contribution in [2.75, 3.05) is 26.8 Å². The Labute approximate surface area is 219 Å². The van der Waals surface area contributed by atoms with Crippen molar-refractivity contribution in [3.8, 4) is 11.5 Å². The zero-order valence-corrected chi connectivity index (χ0v) is 21.4. The Morgan fingerprint density at radius 1 is 1.08 bits per heavy atom. The molecule has 1 aliphatic heterocycles. The molecular weight excluding hydrogens is 507 g/mol. The van der Waals surface area contributed by atoms with Crippen molar-refractivity contribution in [1.82, 2.24) is 9.80 Å². The molecule has 2 fully saturated rings. The van der Waals surface area contributed by atoms with E-state index in [2.05, 4.69) is 0 Å². The maximum Gasteiger partial charge on any atom is 0.325 e. The summed E-state index contributed by atoms with van der Waals surface area (Å²) in [5.41, 5.74) is 1.42. The van der Waals surface area contributed by atoms with Crippen molar-refractivity contribution in [2.45, 2.75) is 38.3 Å². The van der Waals surface area contributed by atoms with Gasteiger partial charge in [-0.25, -0.2) is 0 Å². The summed E-state index contributed by atoms with van der Waals surface area (Å²) < 4.78 is 11.3. The molecule has 2 aliphatic rings. The van der Waals surface area contributed by atoms with Crippen LogP contribution in [0.4, 0.5) is 0 Å². The van der Waals surface area contributed by atoms with Gasteiger partial charge < -0.3 is 14.6 Å². The van der Waals surface area contributed by atoms with Crippen LogP contribution in [0.25, 0.3) is 0 Å². The number of methoxy groups -OCH3 is 1. The summed E-state index contributed by atoms with van der Waals surface area (Å²) in [7, 11) is 1.53. The van der Waals surface area contributed by atoms with Crippen LogP contribution in [-0.4, -0.2) is 59.5 Å². The van der Waals surface area contributed by atoms with Gasteiger partial charge in [0.15, 0.2) is 11.5 Å². The van der Waals surface area contributed by atoms with Crippen LogP contribution in [0.2, 0.25) is 10.0 Å². The maximum atomic E-state index is 12.4. The van der Waals surface area contributed by atoms with Crippen molar-refractivity contribution >= 4 is 41.0 Å². The van der Waals surface area contributed by atoms with Gasteiger partial charge >= 0.3 is 5.97 Å². The van der Waals surface area contributed by atoms with Crippen LogP contribution in [0.3, 0.4) is 0 Å². The Morgan fingerprint density at radius 2 is 1.81 bits per heavy atom. The second-order valence-corrected chi connectivity index (χ2v) is 9.87. The van der Waals surface area contributed by atoms with Crippen LogP contribution in [-0.2, 0) is 20.9 Å². The highest BCUT2D eigenvalue weighted by Gasteiger charge is 2.33. The molecule has 2 aromatic rings. The van der Waals surface area contributed by atoms with Crippen molar-refractivity contribution in [1.29, 1.82) is 0 Å². The van der Waals surface area contributed by atoms with E-state index in [4.69, 9.17) is 32.7 Å². The molecule has 1 atom stereocenters. The number of rotatable bonds is 12. The molecule has 0 aromatic heterocycles. The van der Waals surface area contributed by atoms with E-state index in [1.165, 1.54) is 12.0 Å². The third-order valence-corrected chi connectivity index (χ3v) is 7.13. The van der Waals surface area contributed by atoms with Crippen LogP contribution in [0, 0.1) is 5.92 Å². The average Bonchev–Trinajstić information content (AvgIpc) is 3.61. The monoisotopic (exact) mass is 534 g/mol. The largest absolute Gasteiger partial charge is 0.493 e. The first kappa shape index (κ1) is 26.3. The minimum Gasteiger partial charge on any atom is -0.493 e. The normalized spacial score (nSPS) is 16.5. The Morgan fingerprint density at radius 3 is 2.42 bits per heavy atom. The third kappa shape index (κ3) is 6.30. The summed E-state index contributed by atoms with van der Waals surface area (Å²) in [6, 6.07) is 9.45. The molecule has 8 nitrogen and oxygen atoms in total. The van der Waals surface area contributed by atoms with Gasteiger partial charge in [0.25, 0.3) is 0 Å². The fourth-order valence-corrected chi connectivity index (χ4v) is 4.68. The summed E-state index contributed by atoms with van der Waals surface area (Å²) in [6.45, 7) is 1.35. The zero-order chi connectivity index (χ0) is 25.8. The highest BCUT2D eigenvalue weighted by atomic mass is 35.5. The van der Waals surface area contributed by atoms with Crippen molar-refractivity contribution in [3.05, 3.63) is 57.6 Å². The lowest BCUT2D eigenvalue weighted by Gasteiger charge is -2.30. The smallest absolute Gasteiger partial charge is 0.325 e. The number of carboxylic acids is 1. The fraction of sp³-hybridized carbons (Fsp3) is 0.423. The lowest BCUT2D eigenvalue weighted by Crippen LogP contribution is -2.35. The molecule has 36 heavy (non-hydrogen) atoms. The molecule has 0 bridgehead atoms. The van der Waals surface area contributed by atoms with E-state index >= 15 is 0 Å². The molecule has 0 radical (unpaired) electrons. The van der Waals surface area contributed by atoms with E-state index in [-0.39, 0.29) is 37.8 Å². The van der Waals surface area contributed by atoms with Crippen molar-refractivity contribution in [3.63, 3.8) is 0 Å². The molecule has 1 saturated heterocycles. The van der Waals surface area contributed by atoms with Gasteiger partial charge in [-0.15, -0.1) is 0 Å². The van der Waals surface area contributed by atoms with Crippen molar-refractivity contribution < 1.29 is 29.0 Å². The van der Waals surface area contributed by atoms with Gasteiger partial charge in [-0.1, -0.05) is 35.3 Å². The highest BCUT2D eigenvalue weighted by molar-refractivity contribution is 6.42. The van der Waals surface area contributed by atoms with E-state index in [0.717, 1.165) is 18.4 Å². The summed E-state index contributed by atoms with van der Waals surface area (Å²) in [5.74, 6) is 0.0862. The van der Waals surface area contributed by atoms with Crippen molar-refractivity contribution in [2.24, 2.45) is 5.92 Å². The molecule has 1 aliphatic carbocycles. The molecule has 1 saturated carbocycles. The maximum absolute atomic E-state index is 12.4. The van der Waals surface area contributed by atoms with E-state index in [0.29, 0.717) is 46.1 Å². The Kier molecular flexibility index (Phi) is 8.39. The van der Waals surface area contributed by atoms with Gasteiger partial charge in [0, 0.05) is 25.9 Å². The van der Waals surface area contributed by atoms with Crippen LogP contribution >= 0.6 is 23.2 Å². The number of carboxylic acid groups (broad SMARTS) is 1. The van der Waals surface area contributed by atoms with Gasteiger partial charge in [-0.2, -0.15) is 0 Å². The number of halogens is 2. The molecule has 4 rings (SSSR count). The van der Waals surface area contributed by atoms with Crippen LogP contribution in [0.1, 0.15) is 42.9 Å². The van der Waals surface area contributed by atoms with Gasteiger partial charge in [0.2, 0.25) is 11.8 Å². The van der Waals surface area contributed by atoms with Gasteiger partial charge in [-0.05, 0) is 54.2 Å². The lowest BCUT2D eigenvalue weighted by atomic mass is 10.0. The van der Waals surface area contributed by atoms with E-state index in [1.54, 1.807) is 24.3 Å². The number of hydrogen-bond donors (Lipinski definition) is 1. The predicted octanol–water partition coefficient (Wildman–Crippen LogP) is 4.57. The molecule has 2 amide bonds. The zero-order valence-electron chi connectivity index (χ0n) is 19.9. The third-order valence-electron chi connectivity index (χ3n) is 6.39. The molecule has 0 spiro atoms. The Bertz CT molecular complexity index is 1140. The second-order valence-electron chi connectivity index (χ2n) is 9.06. The van der Waals surface area contributed by atoms with E-state index < -0.39 is 12.0 Å². The predicted molar refractivity (Wildman–Crippen MR) is 134 cm³/mol. The highest BCUT2D eigenvalue weighted by Crippen LogP contribution is 2.36. The number of amides is 2. The number of aliphatic carboxylic acids is 1. The Balaban J connectivity index is 1.49. The first-order chi connectivity index (χ1) is 17.3. The van der Waals surface area contributed by atoms with Crippen LogP contribution in [0.5, 0.6) is 11.5 Å². The molecule has 192 valence electrons. The summed E-state index contributed by atoms with van der Waals surface area (Å²) in [4.78, 5) is 39.1. The molecule has 0 unspecified atom stereocenters. The number of benzene rings is 2. The van der Waals surface area contributed by atoms with Gasteiger partial charge in [0.05, 0.1) is 23.7 Å². The first-order valence-electron chi connectivity index (χ1n) is 11.8. The summed E-state index contributed by atoms with van der Waals surface area (Å²) in [5, 5.41) is 10.8. The van der Waals surface area contributed by atoms with Crippen LogP contribution in [0.15, 0.2) is 36.4 Å². The number of imide groups is 1. The second kappa shape index (κ2) is 11.5. The number of hydrogen-bond acceptors (Lipinski definition) is 6. The van der Waals surface area contributed by atoms with Gasteiger partial charge in [-0.3, -0.25) is 24.2 Å². The number of likely N-dealkylation sites (tertiary alicyclic amines) is 1. The minimum atomic E-state index is -0.966. The molecule has 10 heteroatoms. The summed E-state index contributed by atoms with van der Waals surface area (Å²) >= 11 is 12.2. The van der Waals surface area contributed by atoms with E-state index in [9.17, 15) is 19.5 Å². The minimum absolute atomic E-state index is 0.152. The SMILES string of the molecule is COc1cc(CN(CC2CC2)[C@@H](C(=O)O)c2ccc(Cl)c(Cl)c2)ccc1OCCN1C(=O)CCC1=O. The summed E-state index contributed by atoms with van der Waals surface area (Å²) in [6.07, 6.45) is 2.63. The lowest BCUT2D eigenvalue weighted by molar-refractivity contribution is -0.144. The molecule has 1 N–H and O–H groups in total. The standard InChI is InChI=1S/C26H28Cl2N2O6/c1-35-22-12-17(4-7-21(22)36-11-10-30-23(31)8-9-24(30)32)15-29(14-16-2-3-16)25(26(33)34)18-5-6-19(27)20(28)13-18/h4-7,12-13,16,25H,2-3,8-11,14-15H2,1H3,(H,33,34)/t25-/m1/s1. The van der Waals surface area contributed by atoms with Crippen LogP contribution < -0.4 is 9.47 Å². The number of nitrogens with zero attached hydrogens (tertiary/aromatic N) is 2. The molecule has 2 aromatic carbocycles. The average molecular weight is 535 g/mol. The number of ether oxygens (including phenoxy) is 2. The number of carbonyl (C=O) groups is 3. The fourth-order valence-electron chi connectivity index (χ4n) is 4.37. The Hall–Kier alpha value is -2.81. The quantitative estimate of drug-likeness (QED) is 0.398. The van der Waals surface area contributed by atoms with Gasteiger partial charge in [0.1, 0.15) is 12.6 Å².